The third-order valence-electron chi connectivity index (χ3n) is 5.01. The Morgan fingerprint density at radius 1 is 1.08 bits per heavy atom. The molecular formula is C21H27ClN3O+. The summed E-state index contributed by atoms with van der Waals surface area (Å²) in [5, 5.41) is 0.752. The number of carbonyl (C=O) groups excluding carboxylic acids is 1. The number of nitrogens with one attached hydrogen (secondary N) is 1. The molecule has 0 bridgehead atoms. The predicted molar refractivity (Wildman–Crippen MR) is 107 cm³/mol. The third kappa shape index (κ3) is 4.77. The van der Waals surface area contributed by atoms with Crippen LogP contribution in [0.1, 0.15) is 11.1 Å². The molecule has 1 atom stereocenters. The normalized spacial score (nSPS) is 15.8. The third-order valence-corrected chi connectivity index (χ3v) is 5.25. The van der Waals surface area contributed by atoms with Gasteiger partial charge in [-0.25, -0.2) is 0 Å². The van der Waals surface area contributed by atoms with Crippen LogP contribution in [-0.2, 0) is 11.3 Å². The van der Waals surface area contributed by atoms with Crippen LogP contribution in [0.3, 0.4) is 0 Å². The number of rotatable bonds is 5. The number of carbonyl (C=O) groups is 1. The van der Waals surface area contributed by atoms with Crippen LogP contribution in [0, 0.1) is 6.92 Å². The zero-order valence-corrected chi connectivity index (χ0v) is 16.3. The Labute approximate surface area is 161 Å². The Kier molecular flexibility index (Phi) is 6.17. The van der Waals surface area contributed by atoms with Crippen LogP contribution in [0.2, 0.25) is 5.02 Å². The first-order valence-corrected chi connectivity index (χ1v) is 9.55. The highest BCUT2D eigenvalue weighted by molar-refractivity contribution is 6.30. The van der Waals surface area contributed by atoms with Crippen LogP contribution >= 0.6 is 11.6 Å². The number of hydrogen-bond acceptors (Lipinski definition) is 2. The van der Waals surface area contributed by atoms with Crippen LogP contribution in [0.25, 0.3) is 0 Å². The van der Waals surface area contributed by atoms with Crippen molar-refractivity contribution < 1.29 is 9.69 Å². The van der Waals surface area contributed by atoms with Gasteiger partial charge in [-0.05, 0) is 30.7 Å². The molecule has 0 aromatic heterocycles. The molecule has 0 radical (unpaired) electrons. The van der Waals surface area contributed by atoms with Crippen molar-refractivity contribution in [2.75, 3.05) is 44.7 Å². The van der Waals surface area contributed by atoms with Crippen LogP contribution in [-0.4, -0.2) is 50.6 Å². The molecule has 3 rings (SSSR count). The lowest BCUT2D eigenvalue weighted by Gasteiger charge is -2.36. The number of hydrogen-bond donors (Lipinski definition) is 1. The molecule has 1 amide bonds. The van der Waals surface area contributed by atoms with E-state index in [1.165, 1.54) is 16.0 Å². The fourth-order valence-corrected chi connectivity index (χ4v) is 3.64. The first kappa shape index (κ1) is 18.7. The van der Waals surface area contributed by atoms with Crippen molar-refractivity contribution in [2.45, 2.75) is 13.5 Å². The summed E-state index contributed by atoms with van der Waals surface area (Å²) in [5.41, 5.74) is 3.73. The Hall–Kier alpha value is -2.04. The van der Waals surface area contributed by atoms with Crippen molar-refractivity contribution >= 4 is 23.2 Å². The van der Waals surface area contributed by atoms with E-state index in [4.69, 9.17) is 11.6 Å². The molecule has 26 heavy (non-hydrogen) atoms. The van der Waals surface area contributed by atoms with Gasteiger partial charge in [-0.2, -0.15) is 0 Å². The minimum atomic E-state index is 0.238. The van der Waals surface area contributed by atoms with Crippen molar-refractivity contribution in [3.8, 4) is 0 Å². The van der Waals surface area contributed by atoms with E-state index >= 15 is 0 Å². The molecule has 2 aromatic carbocycles. The molecule has 5 heteroatoms. The maximum Gasteiger partial charge on any atom is 0.277 e. The lowest BCUT2D eigenvalue weighted by molar-refractivity contribution is -0.885. The van der Waals surface area contributed by atoms with Gasteiger partial charge in [-0.1, -0.05) is 41.9 Å². The van der Waals surface area contributed by atoms with E-state index in [1.54, 1.807) is 0 Å². The number of benzene rings is 2. The minimum absolute atomic E-state index is 0.238. The van der Waals surface area contributed by atoms with Crippen molar-refractivity contribution in [3.05, 3.63) is 64.7 Å². The topological polar surface area (TPSA) is 28.0 Å². The maximum atomic E-state index is 12.6. The first-order chi connectivity index (χ1) is 12.5. The minimum Gasteiger partial charge on any atom is -0.368 e. The van der Waals surface area contributed by atoms with Crippen LogP contribution in [0.5, 0.6) is 0 Å². The molecule has 0 spiro atoms. The molecule has 1 N–H and O–H groups in total. The van der Waals surface area contributed by atoms with E-state index in [0.717, 1.165) is 43.4 Å². The molecule has 1 aliphatic rings. The van der Waals surface area contributed by atoms with Crippen molar-refractivity contribution in [3.63, 3.8) is 0 Å². The largest absolute Gasteiger partial charge is 0.368 e. The molecule has 1 heterocycles. The zero-order valence-electron chi connectivity index (χ0n) is 15.5. The fraction of sp³-hybridized carbons (Fsp3) is 0.381. The molecule has 0 saturated carbocycles. The summed E-state index contributed by atoms with van der Waals surface area (Å²) >= 11 is 6.08. The lowest BCUT2D eigenvalue weighted by Crippen LogP contribution is -3.09. The Bertz CT molecular complexity index is 756. The Morgan fingerprint density at radius 2 is 1.81 bits per heavy atom. The van der Waals surface area contributed by atoms with Gasteiger partial charge in [0, 0.05) is 42.5 Å². The maximum absolute atomic E-state index is 12.6. The summed E-state index contributed by atoms with van der Waals surface area (Å²) in [4.78, 5) is 18.1. The van der Waals surface area contributed by atoms with Gasteiger partial charge in [0.15, 0.2) is 6.54 Å². The molecule has 138 valence electrons. The smallest absolute Gasteiger partial charge is 0.277 e. The van der Waals surface area contributed by atoms with Gasteiger partial charge in [0.25, 0.3) is 5.91 Å². The molecule has 2 aromatic rings. The highest BCUT2D eigenvalue weighted by Gasteiger charge is 2.23. The van der Waals surface area contributed by atoms with Gasteiger partial charge >= 0.3 is 0 Å². The first-order valence-electron chi connectivity index (χ1n) is 9.17. The van der Waals surface area contributed by atoms with Gasteiger partial charge in [0.05, 0.1) is 7.05 Å². The van der Waals surface area contributed by atoms with Crippen LogP contribution in [0.15, 0.2) is 48.5 Å². The summed E-state index contributed by atoms with van der Waals surface area (Å²) in [6.07, 6.45) is 0. The number of anilines is 1. The monoisotopic (exact) mass is 372 g/mol. The second-order valence-electron chi connectivity index (χ2n) is 7.08. The quantitative estimate of drug-likeness (QED) is 0.869. The van der Waals surface area contributed by atoms with Gasteiger partial charge in [-0.15, -0.1) is 0 Å². The van der Waals surface area contributed by atoms with E-state index in [1.807, 2.05) is 23.1 Å². The number of halogens is 1. The second kappa shape index (κ2) is 8.56. The number of nitrogens with zero attached hydrogens (tertiary/aromatic N) is 2. The average molecular weight is 373 g/mol. The summed E-state index contributed by atoms with van der Waals surface area (Å²) in [6.45, 7) is 6.77. The number of aryl methyl sites for hydroxylation is 1. The van der Waals surface area contributed by atoms with Crippen molar-refractivity contribution in [1.29, 1.82) is 0 Å². The van der Waals surface area contributed by atoms with Crippen LogP contribution < -0.4 is 9.80 Å². The van der Waals surface area contributed by atoms with E-state index < -0.39 is 0 Å². The van der Waals surface area contributed by atoms with Crippen molar-refractivity contribution in [2.24, 2.45) is 0 Å². The Morgan fingerprint density at radius 3 is 2.50 bits per heavy atom. The fourth-order valence-electron chi connectivity index (χ4n) is 3.45. The predicted octanol–water partition coefficient (Wildman–Crippen LogP) is 2.01. The Balaban J connectivity index is 1.50. The summed E-state index contributed by atoms with van der Waals surface area (Å²) < 4.78 is 0. The molecule has 4 nitrogen and oxygen atoms in total. The molecular weight excluding hydrogens is 346 g/mol. The summed E-state index contributed by atoms with van der Waals surface area (Å²) in [5.74, 6) is 0.238. The number of piperazine rings is 1. The average Bonchev–Trinajstić information content (AvgIpc) is 2.64. The summed E-state index contributed by atoms with van der Waals surface area (Å²) in [7, 11) is 2.09. The van der Waals surface area contributed by atoms with E-state index in [-0.39, 0.29) is 5.91 Å². The molecule has 1 fully saturated rings. The number of amides is 1. The molecule has 1 unspecified atom stereocenters. The van der Waals surface area contributed by atoms with E-state index in [9.17, 15) is 4.79 Å². The van der Waals surface area contributed by atoms with Gasteiger partial charge in [0.2, 0.25) is 0 Å². The number of quaternary nitrogens is 1. The van der Waals surface area contributed by atoms with Crippen LogP contribution in [0.4, 0.5) is 5.69 Å². The highest BCUT2D eigenvalue weighted by Crippen LogP contribution is 2.20. The van der Waals surface area contributed by atoms with Crippen molar-refractivity contribution in [1.82, 2.24) is 4.90 Å². The van der Waals surface area contributed by atoms with Gasteiger partial charge < -0.3 is 14.7 Å². The summed E-state index contributed by atoms with van der Waals surface area (Å²) in [6, 6.07) is 16.3. The SMILES string of the molecule is Cc1ccccc1C[NH+](C)CC(=O)N1CCN(c2cccc(Cl)c2)CC1. The number of likely N-dealkylation sites (N-methyl/N-ethyl adjacent to an activating group) is 1. The van der Waals surface area contributed by atoms with E-state index in [0.29, 0.717) is 6.54 Å². The molecule has 1 saturated heterocycles. The molecule has 1 aliphatic heterocycles. The van der Waals surface area contributed by atoms with Gasteiger partial charge in [0.1, 0.15) is 6.54 Å². The standard InChI is InChI=1S/C21H26ClN3O/c1-17-6-3-4-7-18(17)15-23(2)16-21(26)25-12-10-24(11-13-25)20-9-5-8-19(22)14-20/h3-9,14H,10-13,15-16H2,1-2H3/p+1. The van der Waals surface area contributed by atoms with E-state index in [2.05, 4.69) is 49.2 Å². The highest BCUT2D eigenvalue weighted by atomic mass is 35.5. The molecule has 0 aliphatic carbocycles. The van der Waals surface area contributed by atoms with Gasteiger partial charge in [-0.3, -0.25) is 4.79 Å². The second-order valence-corrected chi connectivity index (χ2v) is 7.52. The zero-order chi connectivity index (χ0) is 18.5. The lowest BCUT2D eigenvalue weighted by atomic mass is 10.1.